The second kappa shape index (κ2) is 5.81. The first kappa shape index (κ1) is 14.8. The van der Waals surface area contributed by atoms with Crippen molar-refractivity contribution in [2.45, 2.75) is 50.5 Å². The molecule has 1 atom stereocenters. The van der Waals surface area contributed by atoms with Gasteiger partial charge in [-0.1, -0.05) is 18.0 Å². The van der Waals surface area contributed by atoms with E-state index < -0.39 is 10.0 Å². The number of nitrogens with zero attached hydrogens (tertiary/aromatic N) is 2. The Balaban J connectivity index is 2.42. The summed E-state index contributed by atoms with van der Waals surface area (Å²) < 4.78 is 32.1. The number of hydrogen-bond acceptors (Lipinski definition) is 4. The normalized spacial score (nSPS) is 22.4. The van der Waals surface area contributed by atoms with Crippen molar-refractivity contribution in [3.8, 4) is 0 Å². The quantitative estimate of drug-likeness (QED) is 0.805. The Morgan fingerprint density at radius 3 is 2.68 bits per heavy atom. The first-order valence-corrected chi connectivity index (χ1v) is 8.46. The molecule has 1 aromatic heterocycles. The molecular formula is C12H19ClN2O3S. The van der Waals surface area contributed by atoms with Crippen LogP contribution in [-0.2, 0) is 10.0 Å². The summed E-state index contributed by atoms with van der Waals surface area (Å²) in [7, 11) is -3.57. The molecule has 0 saturated carbocycles. The summed E-state index contributed by atoms with van der Waals surface area (Å²) in [6.45, 7) is 3.79. The molecule has 1 fully saturated rings. The van der Waals surface area contributed by atoms with E-state index in [9.17, 15) is 8.42 Å². The standard InChI is InChI=1S/C12H19ClN2O3S/c1-9-12(10(2)18-14-9)19(16,17)15-7-5-3-4-6-11(15)8-13/h11H,3-8H2,1-2H3. The topological polar surface area (TPSA) is 63.4 Å². The van der Waals surface area contributed by atoms with Crippen molar-refractivity contribution in [2.24, 2.45) is 0 Å². The zero-order valence-electron chi connectivity index (χ0n) is 11.2. The van der Waals surface area contributed by atoms with E-state index in [0.717, 1.165) is 25.7 Å². The number of rotatable bonds is 3. The molecule has 2 rings (SSSR count). The van der Waals surface area contributed by atoms with Crippen molar-refractivity contribution in [2.75, 3.05) is 12.4 Å². The summed E-state index contributed by atoms with van der Waals surface area (Å²) in [6, 6.07) is -0.136. The molecule has 0 aliphatic carbocycles. The molecule has 1 aliphatic rings. The van der Waals surface area contributed by atoms with Gasteiger partial charge in [-0.2, -0.15) is 4.31 Å². The second-order valence-electron chi connectivity index (χ2n) is 4.93. The van der Waals surface area contributed by atoms with E-state index in [-0.39, 0.29) is 10.9 Å². The van der Waals surface area contributed by atoms with Crippen molar-refractivity contribution >= 4 is 21.6 Å². The van der Waals surface area contributed by atoms with Crippen LogP contribution < -0.4 is 0 Å². The molecule has 1 aromatic rings. The Kier molecular flexibility index (Phi) is 4.53. The van der Waals surface area contributed by atoms with Gasteiger partial charge in [0.05, 0.1) is 0 Å². The molecule has 1 unspecified atom stereocenters. The number of aryl methyl sites for hydroxylation is 2. The highest BCUT2D eigenvalue weighted by Crippen LogP contribution is 2.28. The molecule has 0 radical (unpaired) electrons. The predicted molar refractivity (Wildman–Crippen MR) is 72.8 cm³/mol. The van der Waals surface area contributed by atoms with Crippen LogP contribution in [0.3, 0.4) is 0 Å². The lowest BCUT2D eigenvalue weighted by atomic mass is 10.1. The summed E-state index contributed by atoms with van der Waals surface area (Å²) in [5.74, 6) is 0.665. The van der Waals surface area contributed by atoms with Crippen LogP contribution in [0.15, 0.2) is 9.42 Å². The SMILES string of the molecule is Cc1noc(C)c1S(=O)(=O)N1CCCCCC1CCl. The van der Waals surface area contributed by atoms with Crippen LogP contribution in [0.4, 0.5) is 0 Å². The van der Waals surface area contributed by atoms with Crippen molar-refractivity contribution in [1.29, 1.82) is 0 Å². The Morgan fingerprint density at radius 1 is 1.37 bits per heavy atom. The lowest BCUT2D eigenvalue weighted by molar-refractivity contribution is 0.343. The number of sulfonamides is 1. The lowest BCUT2D eigenvalue weighted by Gasteiger charge is -2.27. The van der Waals surface area contributed by atoms with Crippen LogP contribution in [0.1, 0.15) is 37.1 Å². The second-order valence-corrected chi connectivity index (χ2v) is 7.06. The van der Waals surface area contributed by atoms with Crippen molar-refractivity contribution < 1.29 is 12.9 Å². The van der Waals surface area contributed by atoms with Gasteiger partial charge in [-0.15, -0.1) is 11.6 Å². The smallest absolute Gasteiger partial charge is 0.248 e. The zero-order chi connectivity index (χ0) is 14.0. The minimum atomic E-state index is -3.57. The highest BCUT2D eigenvalue weighted by molar-refractivity contribution is 7.89. The van der Waals surface area contributed by atoms with Crippen LogP contribution in [0.2, 0.25) is 0 Å². The maximum atomic E-state index is 12.8. The Hall–Kier alpha value is -0.590. The molecule has 5 nitrogen and oxygen atoms in total. The first-order chi connectivity index (χ1) is 8.98. The number of aromatic nitrogens is 1. The van der Waals surface area contributed by atoms with Crippen molar-refractivity contribution in [3.05, 3.63) is 11.5 Å². The fourth-order valence-electron chi connectivity index (χ4n) is 2.58. The van der Waals surface area contributed by atoms with Crippen LogP contribution in [-0.4, -0.2) is 36.3 Å². The number of halogens is 1. The Morgan fingerprint density at radius 2 is 2.11 bits per heavy atom. The minimum Gasteiger partial charge on any atom is -0.360 e. The molecule has 0 bridgehead atoms. The summed E-state index contributed by atoms with van der Waals surface area (Å²) >= 11 is 5.95. The highest BCUT2D eigenvalue weighted by Gasteiger charge is 2.35. The molecular weight excluding hydrogens is 288 g/mol. The largest absolute Gasteiger partial charge is 0.360 e. The van der Waals surface area contributed by atoms with Crippen LogP contribution in [0, 0.1) is 13.8 Å². The Bertz CT molecular complexity index is 522. The Labute approximate surface area is 118 Å². The minimum absolute atomic E-state index is 0.136. The van der Waals surface area contributed by atoms with Gasteiger partial charge in [0.2, 0.25) is 10.0 Å². The molecule has 0 amide bonds. The van der Waals surface area contributed by atoms with E-state index in [2.05, 4.69) is 5.16 Å². The molecule has 108 valence electrons. The number of hydrogen-bond donors (Lipinski definition) is 0. The highest BCUT2D eigenvalue weighted by atomic mass is 35.5. The monoisotopic (exact) mass is 306 g/mol. The maximum Gasteiger partial charge on any atom is 0.248 e. The van der Waals surface area contributed by atoms with Gasteiger partial charge in [0.25, 0.3) is 0 Å². The van der Waals surface area contributed by atoms with Gasteiger partial charge < -0.3 is 4.52 Å². The van der Waals surface area contributed by atoms with E-state index in [1.54, 1.807) is 13.8 Å². The van der Waals surface area contributed by atoms with Crippen LogP contribution in [0.25, 0.3) is 0 Å². The van der Waals surface area contributed by atoms with Crippen LogP contribution in [0.5, 0.6) is 0 Å². The van der Waals surface area contributed by atoms with Gasteiger partial charge in [0.1, 0.15) is 10.6 Å². The summed E-state index contributed by atoms with van der Waals surface area (Å²) in [5.41, 5.74) is 0.412. The predicted octanol–water partition coefficient (Wildman–Crippen LogP) is 2.46. The van der Waals surface area contributed by atoms with Gasteiger partial charge in [-0.25, -0.2) is 8.42 Å². The molecule has 1 saturated heterocycles. The maximum absolute atomic E-state index is 12.8. The third-order valence-corrected chi connectivity index (χ3v) is 6.09. The molecule has 0 spiro atoms. The van der Waals surface area contributed by atoms with E-state index in [1.165, 1.54) is 4.31 Å². The van der Waals surface area contributed by atoms with E-state index in [4.69, 9.17) is 16.1 Å². The van der Waals surface area contributed by atoms with Gasteiger partial charge in [-0.3, -0.25) is 0 Å². The van der Waals surface area contributed by atoms with Crippen LogP contribution >= 0.6 is 11.6 Å². The molecule has 1 aliphatic heterocycles. The van der Waals surface area contributed by atoms with Gasteiger partial charge >= 0.3 is 0 Å². The van der Waals surface area contributed by atoms with E-state index in [0.29, 0.717) is 23.9 Å². The number of alkyl halides is 1. The molecule has 2 heterocycles. The third-order valence-electron chi connectivity index (χ3n) is 3.54. The van der Waals surface area contributed by atoms with E-state index >= 15 is 0 Å². The first-order valence-electron chi connectivity index (χ1n) is 6.49. The summed E-state index contributed by atoms with van der Waals surface area (Å²) in [5, 5.41) is 3.74. The molecule has 0 N–H and O–H groups in total. The van der Waals surface area contributed by atoms with Crippen molar-refractivity contribution in [3.63, 3.8) is 0 Å². The lowest BCUT2D eigenvalue weighted by Crippen LogP contribution is -2.41. The molecule has 7 heteroatoms. The fourth-order valence-corrected chi connectivity index (χ4v) is 4.97. The third kappa shape index (κ3) is 2.80. The summed E-state index contributed by atoms with van der Waals surface area (Å²) in [4.78, 5) is 0.199. The van der Waals surface area contributed by atoms with Gasteiger partial charge in [0, 0.05) is 18.5 Å². The molecule has 19 heavy (non-hydrogen) atoms. The molecule has 0 aromatic carbocycles. The van der Waals surface area contributed by atoms with Gasteiger partial charge in [0.15, 0.2) is 5.76 Å². The van der Waals surface area contributed by atoms with Gasteiger partial charge in [-0.05, 0) is 26.7 Å². The van der Waals surface area contributed by atoms with E-state index in [1.807, 2.05) is 0 Å². The van der Waals surface area contributed by atoms with Crippen molar-refractivity contribution in [1.82, 2.24) is 9.46 Å². The average Bonchev–Trinajstić information content (AvgIpc) is 2.59. The zero-order valence-corrected chi connectivity index (χ0v) is 12.8. The average molecular weight is 307 g/mol. The summed E-state index contributed by atoms with van der Waals surface area (Å²) in [6.07, 6.45) is 3.74. The fraction of sp³-hybridized carbons (Fsp3) is 0.750.